The molecule has 0 saturated carbocycles. The topological polar surface area (TPSA) is 55.8 Å². The van der Waals surface area contributed by atoms with Gasteiger partial charge < -0.3 is 9.47 Å². The van der Waals surface area contributed by atoms with E-state index in [1.807, 2.05) is 18.2 Å². The Morgan fingerprint density at radius 1 is 1.12 bits per heavy atom. The average Bonchev–Trinajstić information content (AvgIpc) is 3.12. The Morgan fingerprint density at radius 2 is 1.84 bits per heavy atom. The molecule has 1 fully saturated rings. The van der Waals surface area contributed by atoms with Gasteiger partial charge in [-0.05, 0) is 42.5 Å². The molecule has 0 bridgehead atoms. The van der Waals surface area contributed by atoms with Gasteiger partial charge in [0.1, 0.15) is 11.5 Å². The zero-order valence-electron chi connectivity index (χ0n) is 13.8. The summed E-state index contributed by atoms with van der Waals surface area (Å²) in [7, 11) is -0.469. The first kappa shape index (κ1) is 18.6. The van der Waals surface area contributed by atoms with Gasteiger partial charge >= 0.3 is 0 Å². The van der Waals surface area contributed by atoms with Gasteiger partial charge in [0.25, 0.3) is 0 Å². The molecule has 0 aliphatic carbocycles. The molecule has 1 saturated heterocycles. The van der Waals surface area contributed by atoms with E-state index in [-0.39, 0.29) is 10.3 Å². The van der Waals surface area contributed by atoms with Gasteiger partial charge in [-0.1, -0.05) is 15.9 Å². The van der Waals surface area contributed by atoms with E-state index >= 15 is 0 Å². The Bertz CT molecular complexity index is 855. The maximum absolute atomic E-state index is 13.1. The van der Waals surface area contributed by atoms with Crippen molar-refractivity contribution < 1.29 is 17.9 Å². The minimum absolute atomic E-state index is 0.259. The molecule has 0 aromatic heterocycles. The van der Waals surface area contributed by atoms with Crippen LogP contribution in [0.25, 0.3) is 0 Å². The molecule has 3 rings (SSSR count). The number of sulfonamides is 1. The molecule has 0 amide bonds. The van der Waals surface area contributed by atoms with E-state index in [0.29, 0.717) is 18.0 Å². The Kier molecular flexibility index (Phi) is 5.62. The van der Waals surface area contributed by atoms with E-state index in [9.17, 15) is 8.42 Å². The Balaban J connectivity index is 1.99. The summed E-state index contributed by atoms with van der Waals surface area (Å²) in [6, 6.07) is 12.1. The standard InChI is InChI=1S/C17H18BrNO4S2/c1-22-13-4-6-14(7-5-13)25(20,21)19-9-10-24-17(19)15-11-12(18)3-8-16(15)23-2/h3-8,11,17H,9-10H2,1-2H3. The van der Waals surface area contributed by atoms with Crippen LogP contribution in [-0.2, 0) is 10.0 Å². The molecule has 1 aliphatic rings. The van der Waals surface area contributed by atoms with E-state index < -0.39 is 10.0 Å². The predicted octanol–water partition coefficient (Wildman–Crippen LogP) is 3.90. The van der Waals surface area contributed by atoms with Crippen molar-refractivity contribution >= 4 is 37.7 Å². The molecule has 0 spiro atoms. The summed E-state index contributed by atoms with van der Waals surface area (Å²) in [5.41, 5.74) is 0.844. The van der Waals surface area contributed by atoms with Crippen molar-refractivity contribution in [3.05, 3.63) is 52.5 Å². The van der Waals surface area contributed by atoms with Crippen molar-refractivity contribution in [2.45, 2.75) is 10.3 Å². The fourth-order valence-electron chi connectivity index (χ4n) is 2.73. The summed E-state index contributed by atoms with van der Waals surface area (Å²) in [5, 5.41) is -0.320. The second-order valence-corrected chi connectivity index (χ2v) is 9.40. The van der Waals surface area contributed by atoms with Crippen molar-refractivity contribution in [3.63, 3.8) is 0 Å². The number of benzene rings is 2. The third-order valence-corrected chi connectivity index (χ3v) is 7.72. The van der Waals surface area contributed by atoms with Crippen molar-refractivity contribution in [3.8, 4) is 11.5 Å². The number of methoxy groups -OCH3 is 2. The maximum Gasteiger partial charge on any atom is 0.244 e. The summed E-state index contributed by atoms with van der Waals surface area (Å²) < 4.78 is 39.2. The molecule has 25 heavy (non-hydrogen) atoms. The second kappa shape index (κ2) is 7.57. The van der Waals surface area contributed by atoms with Crippen LogP contribution in [0, 0.1) is 0 Å². The Labute approximate surface area is 160 Å². The van der Waals surface area contributed by atoms with Crippen LogP contribution in [-0.4, -0.2) is 39.2 Å². The molecule has 5 nitrogen and oxygen atoms in total. The lowest BCUT2D eigenvalue weighted by Gasteiger charge is -2.25. The summed E-state index contributed by atoms with van der Waals surface area (Å²) in [6.45, 7) is 0.458. The third kappa shape index (κ3) is 3.67. The van der Waals surface area contributed by atoms with Crippen molar-refractivity contribution in [2.24, 2.45) is 0 Å². The van der Waals surface area contributed by atoms with Crippen LogP contribution in [0.1, 0.15) is 10.9 Å². The van der Waals surface area contributed by atoms with Crippen LogP contribution in [0.5, 0.6) is 11.5 Å². The van der Waals surface area contributed by atoms with Crippen LogP contribution >= 0.6 is 27.7 Å². The molecule has 1 atom stereocenters. The normalized spacial score (nSPS) is 18.3. The van der Waals surface area contributed by atoms with Gasteiger partial charge in [0, 0.05) is 22.3 Å². The lowest BCUT2D eigenvalue weighted by molar-refractivity contribution is 0.390. The smallest absolute Gasteiger partial charge is 0.244 e. The Morgan fingerprint density at radius 3 is 2.48 bits per heavy atom. The summed E-state index contributed by atoms with van der Waals surface area (Å²) in [6.07, 6.45) is 0. The maximum atomic E-state index is 13.1. The highest BCUT2D eigenvalue weighted by Crippen LogP contribution is 2.45. The number of thioether (sulfide) groups is 1. The lowest BCUT2D eigenvalue weighted by atomic mass is 10.2. The van der Waals surface area contributed by atoms with Crippen LogP contribution in [0.15, 0.2) is 51.8 Å². The van der Waals surface area contributed by atoms with Gasteiger partial charge in [0.15, 0.2) is 0 Å². The molecule has 134 valence electrons. The molecular weight excluding hydrogens is 426 g/mol. The molecule has 2 aromatic carbocycles. The van der Waals surface area contributed by atoms with Gasteiger partial charge in [-0.2, -0.15) is 4.31 Å². The minimum Gasteiger partial charge on any atom is -0.497 e. The van der Waals surface area contributed by atoms with Crippen LogP contribution in [0.4, 0.5) is 0 Å². The predicted molar refractivity (Wildman–Crippen MR) is 103 cm³/mol. The quantitative estimate of drug-likeness (QED) is 0.700. The highest BCUT2D eigenvalue weighted by atomic mass is 79.9. The average molecular weight is 444 g/mol. The van der Waals surface area contributed by atoms with Gasteiger partial charge in [-0.3, -0.25) is 0 Å². The second-order valence-electron chi connectivity index (χ2n) is 5.40. The molecule has 2 aromatic rings. The van der Waals surface area contributed by atoms with E-state index in [1.54, 1.807) is 50.2 Å². The van der Waals surface area contributed by atoms with Crippen LogP contribution < -0.4 is 9.47 Å². The lowest BCUT2D eigenvalue weighted by Crippen LogP contribution is -2.30. The van der Waals surface area contributed by atoms with Gasteiger partial charge in [0.2, 0.25) is 10.0 Å². The largest absolute Gasteiger partial charge is 0.497 e. The van der Waals surface area contributed by atoms with E-state index in [4.69, 9.17) is 9.47 Å². The van der Waals surface area contributed by atoms with Crippen molar-refractivity contribution in [1.29, 1.82) is 0 Å². The first-order valence-corrected chi connectivity index (χ1v) is 10.9. The monoisotopic (exact) mass is 443 g/mol. The zero-order chi connectivity index (χ0) is 18.0. The SMILES string of the molecule is COc1ccc(S(=O)(=O)N2CCSC2c2cc(Br)ccc2OC)cc1. The first-order valence-electron chi connectivity index (χ1n) is 7.58. The van der Waals surface area contributed by atoms with E-state index in [2.05, 4.69) is 15.9 Å². The highest BCUT2D eigenvalue weighted by molar-refractivity contribution is 9.10. The molecule has 1 aliphatic heterocycles. The highest BCUT2D eigenvalue weighted by Gasteiger charge is 2.38. The van der Waals surface area contributed by atoms with Crippen LogP contribution in [0.3, 0.4) is 0 Å². The number of hydrogen-bond donors (Lipinski definition) is 0. The van der Waals surface area contributed by atoms with E-state index in [1.165, 1.54) is 4.31 Å². The van der Waals surface area contributed by atoms with E-state index in [0.717, 1.165) is 15.8 Å². The molecule has 0 N–H and O–H groups in total. The molecule has 0 radical (unpaired) electrons. The number of rotatable bonds is 5. The van der Waals surface area contributed by atoms with Gasteiger partial charge in [-0.25, -0.2) is 8.42 Å². The fraction of sp³-hybridized carbons (Fsp3) is 0.294. The Hall–Kier alpha value is -1.22. The molecular formula is C17H18BrNO4S2. The zero-order valence-corrected chi connectivity index (χ0v) is 17.0. The number of hydrogen-bond acceptors (Lipinski definition) is 5. The van der Waals surface area contributed by atoms with Crippen LogP contribution in [0.2, 0.25) is 0 Å². The molecule has 1 heterocycles. The summed E-state index contributed by atoms with van der Waals surface area (Å²) in [4.78, 5) is 0.259. The number of halogens is 1. The number of ether oxygens (including phenoxy) is 2. The first-order chi connectivity index (χ1) is 12.0. The number of nitrogens with zero attached hydrogens (tertiary/aromatic N) is 1. The van der Waals surface area contributed by atoms with Crippen molar-refractivity contribution in [1.82, 2.24) is 4.31 Å². The third-order valence-electron chi connectivity index (χ3n) is 3.97. The molecule has 8 heteroatoms. The minimum atomic E-state index is -3.61. The summed E-state index contributed by atoms with van der Waals surface area (Å²) in [5.74, 6) is 2.04. The molecule has 1 unspecified atom stereocenters. The van der Waals surface area contributed by atoms with Crippen molar-refractivity contribution in [2.75, 3.05) is 26.5 Å². The summed E-state index contributed by atoms with van der Waals surface area (Å²) >= 11 is 5.05. The van der Waals surface area contributed by atoms with Gasteiger partial charge in [-0.15, -0.1) is 11.8 Å². The fourth-order valence-corrected chi connectivity index (χ4v) is 6.35. The van der Waals surface area contributed by atoms with Gasteiger partial charge in [0.05, 0.1) is 24.5 Å².